The molecule has 0 spiro atoms. The second-order valence-corrected chi connectivity index (χ2v) is 11.6. The molecule has 42 heavy (non-hydrogen) atoms. The Morgan fingerprint density at radius 1 is 0.595 bits per heavy atom. The molecule has 2 heterocycles. The second-order valence-electron chi connectivity index (χ2n) is 10.7. The van der Waals surface area contributed by atoms with Gasteiger partial charge in [-0.2, -0.15) is 0 Å². The number of hydrogen-bond donors (Lipinski definition) is 0. The minimum atomic E-state index is 0.0750. The average Bonchev–Trinajstić information content (AvgIpc) is 2.98. The number of aryl methyl sites for hydroxylation is 4. The molecule has 0 saturated heterocycles. The van der Waals surface area contributed by atoms with Gasteiger partial charge < -0.3 is 0 Å². The predicted molar refractivity (Wildman–Crippen MR) is 179 cm³/mol. The van der Waals surface area contributed by atoms with Gasteiger partial charge >= 0.3 is 0 Å². The van der Waals surface area contributed by atoms with Crippen LogP contribution >= 0.6 is 15.9 Å². The summed E-state index contributed by atoms with van der Waals surface area (Å²) in [6, 6.07) is 29.7. The molecule has 0 aliphatic heterocycles. The van der Waals surface area contributed by atoms with Crippen molar-refractivity contribution in [2.24, 2.45) is 9.98 Å². The van der Waals surface area contributed by atoms with Crippen LogP contribution in [0.4, 0.5) is 11.4 Å². The van der Waals surface area contributed by atoms with Crippen LogP contribution in [0.3, 0.4) is 0 Å². The molecule has 0 saturated carbocycles. The van der Waals surface area contributed by atoms with Crippen LogP contribution in [0.1, 0.15) is 56.2 Å². The van der Waals surface area contributed by atoms with Gasteiger partial charge in [0.05, 0.1) is 11.4 Å². The number of halogens is 1. The lowest BCUT2D eigenvalue weighted by Gasteiger charge is -2.23. The maximum Gasteiger partial charge on any atom is 0.0684 e. The van der Waals surface area contributed by atoms with Gasteiger partial charge in [-0.1, -0.05) is 64.5 Å². The molecule has 0 aliphatic carbocycles. The molecule has 0 N–H and O–H groups in total. The first-order valence-electron chi connectivity index (χ1n) is 14.2. The van der Waals surface area contributed by atoms with Gasteiger partial charge in [-0.15, -0.1) is 0 Å². The Kier molecular flexibility index (Phi) is 9.50. The smallest absolute Gasteiger partial charge is 0.0684 e. The molecule has 4 nitrogen and oxygen atoms in total. The van der Waals surface area contributed by atoms with Gasteiger partial charge in [0.15, 0.2) is 0 Å². The molecule has 0 atom stereocenters. The Morgan fingerprint density at radius 2 is 1.02 bits per heavy atom. The lowest BCUT2D eigenvalue weighted by atomic mass is 9.82. The van der Waals surface area contributed by atoms with Crippen molar-refractivity contribution in [1.29, 1.82) is 0 Å². The molecule has 5 rings (SSSR count). The predicted octanol–water partition coefficient (Wildman–Crippen LogP) is 9.54. The highest BCUT2D eigenvalue weighted by Crippen LogP contribution is 2.39. The van der Waals surface area contributed by atoms with Gasteiger partial charge in [-0.25, -0.2) is 0 Å². The quantitative estimate of drug-likeness (QED) is 0.123. The van der Waals surface area contributed by atoms with Gasteiger partial charge in [0.1, 0.15) is 0 Å². The van der Waals surface area contributed by atoms with E-state index in [1.54, 1.807) is 0 Å². The maximum atomic E-state index is 4.86. The molecule has 2 aromatic heterocycles. The van der Waals surface area contributed by atoms with Crippen molar-refractivity contribution in [1.82, 2.24) is 9.97 Å². The van der Waals surface area contributed by atoms with E-state index in [2.05, 4.69) is 102 Å². The largest absolute Gasteiger partial charge is 0.261 e. The van der Waals surface area contributed by atoms with Crippen LogP contribution < -0.4 is 0 Å². The summed E-state index contributed by atoms with van der Waals surface area (Å²) in [6.45, 7) is 8.61. The summed E-state index contributed by atoms with van der Waals surface area (Å²) in [5.74, 6) is 0.0750. The van der Waals surface area contributed by atoms with Gasteiger partial charge in [-0.05, 0) is 103 Å². The minimum absolute atomic E-state index is 0.0750. The Hall–Kier alpha value is -4.22. The van der Waals surface area contributed by atoms with Crippen LogP contribution in [0.25, 0.3) is 0 Å². The molecule has 0 fully saturated rings. The van der Waals surface area contributed by atoms with Crippen LogP contribution in [-0.2, 0) is 12.8 Å². The van der Waals surface area contributed by atoms with Crippen molar-refractivity contribution < 1.29 is 0 Å². The zero-order chi connectivity index (χ0) is 29.5. The Bertz CT molecular complexity index is 1560. The summed E-state index contributed by atoms with van der Waals surface area (Å²) in [4.78, 5) is 18.5. The van der Waals surface area contributed by atoms with Crippen molar-refractivity contribution in [3.05, 3.63) is 152 Å². The summed E-state index contributed by atoms with van der Waals surface area (Å²) in [5, 5.41) is 0. The normalized spacial score (nSPS) is 12.3. The van der Waals surface area contributed by atoms with E-state index in [4.69, 9.17) is 9.98 Å². The fraction of sp³-hybridized carbons (Fsp3) is 0.189. The second kappa shape index (κ2) is 13.6. The SMILES string of the molecule is Cc1cc(C(c2ccc(Br)cc2)c2cc(C)c(N=CCc3ccccn3)c(C)c2)cc(C)c1N=CCc1ccccn1. The number of aliphatic imine (C=N–C) groups is 2. The first-order chi connectivity index (χ1) is 20.4. The molecular weight excluding hydrogens is 580 g/mol. The molecular formula is C37H35BrN4. The number of hydrogen-bond acceptors (Lipinski definition) is 4. The van der Waals surface area contributed by atoms with Crippen molar-refractivity contribution in [3.8, 4) is 0 Å². The van der Waals surface area contributed by atoms with E-state index in [9.17, 15) is 0 Å². The van der Waals surface area contributed by atoms with E-state index < -0.39 is 0 Å². The van der Waals surface area contributed by atoms with Crippen LogP contribution in [0.15, 0.2) is 112 Å². The molecule has 5 aromatic rings. The number of rotatable bonds is 9. The monoisotopic (exact) mass is 614 g/mol. The Balaban J connectivity index is 1.48. The Labute approximate surface area is 257 Å². The maximum absolute atomic E-state index is 4.86. The van der Waals surface area contributed by atoms with Gasteiger partial charge in [0.25, 0.3) is 0 Å². The molecule has 0 aliphatic rings. The van der Waals surface area contributed by atoms with Crippen LogP contribution in [0, 0.1) is 27.7 Å². The van der Waals surface area contributed by atoms with E-state index in [1.165, 1.54) is 16.7 Å². The molecule has 3 aromatic carbocycles. The lowest BCUT2D eigenvalue weighted by molar-refractivity contribution is 0.963. The van der Waals surface area contributed by atoms with E-state index in [-0.39, 0.29) is 5.92 Å². The third-order valence-corrected chi connectivity index (χ3v) is 7.92. The molecule has 0 amide bonds. The third kappa shape index (κ3) is 7.15. The highest BCUT2D eigenvalue weighted by molar-refractivity contribution is 9.10. The number of pyridine rings is 2. The molecule has 0 bridgehead atoms. The first kappa shape index (κ1) is 29.3. The minimum Gasteiger partial charge on any atom is -0.261 e. The zero-order valence-electron chi connectivity index (χ0n) is 24.6. The molecule has 210 valence electrons. The van der Waals surface area contributed by atoms with Crippen LogP contribution in [0.2, 0.25) is 0 Å². The topological polar surface area (TPSA) is 50.5 Å². The summed E-state index contributed by atoms with van der Waals surface area (Å²) in [6.07, 6.45) is 8.98. The van der Waals surface area contributed by atoms with Gasteiger partial charge in [-0.3, -0.25) is 20.0 Å². The van der Waals surface area contributed by atoms with E-state index >= 15 is 0 Å². The highest BCUT2D eigenvalue weighted by atomic mass is 79.9. The molecule has 5 heteroatoms. The number of benzene rings is 3. The summed E-state index contributed by atoms with van der Waals surface area (Å²) < 4.78 is 1.07. The standard InChI is InChI=1S/C37H35BrN4/c1-25-21-30(22-26(2)36(25)41-19-15-33-9-5-7-17-39-33)35(29-11-13-32(38)14-12-29)31-23-27(3)37(28(4)24-31)42-20-16-34-10-6-8-18-40-34/h5-14,17-24,35H,15-16H2,1-4H3. The van der Waals surface area contributed by atoms with Crippen LogP contribution in [-0.4, -0.2) is 22.4 Å². The highest BCUT2D eigenvalue weighted by Gasteiger charge is 2.20. The van der Waals surface area contributed by atoms with Crippen LogP contribution in [0.5, 0.6) is 0 Å². The number of aromatic nitrogens is 2. The molecule has 0 unspecified atom stereocenters. The summed E-state index contributed by atoms with van der Waals surface area (Å²) >= 11 is 3.61. The van der Waals surface area contributed by atoms with E-state index in [0.717, 1.165) is 49.5 Å². The average molecular weight is 616 g/mol. The van der Waals surface area contributed by atoms with E-state index in [1.807, 2.05) is 61.2 Å². The van der Waals surface area contributed by atoms with Gasteiger partial charge in [0.2, 0.25) is 0 Å². The number of nitrogens with zero attached hydrogens (tertiary/aromatic N) is 4. The first-order valence-corrected chi connectivity index (χ1v) is 15.0. The van der Waals surface area contributed by atoms with Crippen molar-refractivity contribution in [2.75, 3.05) is 0 Å². The fourth-order valence-electron chi connectivity index (χ4n) is 5.45. The zero-order valence-corrected chi connectivity index (χ0v) is 26.1. The van der Waals surface area contributed by atoms with Gasteiger partial charge in [0, 0.05) is 59.4 Å². The third-order valence-electron chi connectivity index (χ3n) is 7.39. The summed E-state index contributed by atoms with van der Waals surface area (Å²) in [7, 11) is 0. The lowest BCUT2D eigenvalue weighted by Crippen LogP contribution is -2.06. The van der Waals surface area contributed by atoms with E-state index in [0.29, 0.717) is 12.8 Å². The molecule has 0 radical (unpaired) electrons. The van der Waals surface area contributed by atoms with Crippen molar-refractivity contribution in [3.63, 3.8) is 0 Å². The van der Waals surface area contributed by atoms with Crippen molar-refractivity contribution >= 4 is 39.7 Å². The fourth-order valence-corrected chi connectivity index (χ4v) is 5.71. The van der Waals surface area contributed by atoms with Crippen molar-refractivity contribution in [2.45, 2.75) is 46.5 Å². The Morgan fingerprint density at radius 3 is 1.40 bits per heavy atom. The summed E-state index contributed by atoms with van der Waals surface area (Å²) in [5.41, 5.74) is 12.5.